The van der Waals surface area contributed by atoms with Gasteiger partial charge in [0.2, 0.25) is 0 Å². The van der Waals surface area contributed by atoms with Crippen LogP contribution in [0.4, 0.5) is 10.1 Å². The van der Waals surface area contributed by atoms with Crippen LogP contribution < -0.4 is 5.73 Å². The third kappa shape index (κ3) is 1.35. The molecular formula is C10H9FN2O. The Morgan fingerprint density at radius 2 is 2.21 bits per heavy atom. The number of rotatable bonds is 1. The number of anilines is 1. The van der Waals surface area contributed by atoms with Crippen molar-refractivity contribution in [3.63, 3.8) is 0 Å². The van der Waals surface area contributed by atoms with Gasteiger partial charge in [0.25, 0.3) is 0 Å². The third-order valence-corrected chi connectivity index (χ3v) is 2.01. The number of nitrogens with zero attached hydrogens (tertiary/aromatic N) is 1. The molecule has 1 aromatic heterocycles. The van der Waals surface area contributed by atoms with E-state index in [-0.39, 0.29) is 5.69 Å². The van der Waals surface area contributed by atoms with Crippen LogP contribution in [-0.4, -0.2) is 4.98 Å². The van der Waals surface area contributed by atoms with Gasteiger partial charge in [0, 0.05) is 5.56 Å². The van der Waals surface area contributed by atoms with Gasteiger partial charge < -0.3 is 10.2 Å². The van der Waals surface area contributed by atoms with E-state index in [1.165, 1.54) is 12.5 Å². The largest absolute Gasteiger partial charge is 0.448 e. The van der Waals surface area contributed by atoms with Crippen molar-refractivity contribution in [2.24, 2.45) is 0 Å². The molecule has 2 aromatic rings. The third-order valence-electron chi connectivity index (χ3n) is 2.01. The molecule has 0 atom stereocenters. The zero-order valence-electron chi connectivity index (χ0n) is 7.62. The molecule has 72 valence electrons. The molecule has 0 bridgehead atoms. The lowest BCUT2D eigenvalue weighted by Crippen LogP contribution is -1.91. The molecule has 0 saturated carbocycles. The molecule has 2 N–H and O–H groups in total. The average molecular weight is 192 g/mol. The van der Waals surface area contributed by atoms with Gasteiger partial charge in [-0.2, -0.15) is 0 Å². The lowest BCUT2D eigenvalue weighted by Gasteiger charge is -2.00. The van der Waals surface area contributed by atoms with Gasteiger partial charge in [-0.1, -0.05) is 0 Å². The highest BCUT2D eigenvalue weighted by atomic mass is 19.1. The van der Waals surface area contributed by atoms with Crippen LogP contribution in [0.3, 0.4) is 0 Å². The number of oxazole rings is 1. The summed E-state index contributed by atoms with van der Waals surface area (Å²) >= 11 is 0. The monoisotopic (exact) mass is 192 g/mol. The fourth-order valence-electron chi connectivity index (χ4n) is 1.27. The minimum atomic E-state index is -0.421. The van der Waals surface area contributed by atoms with E-state index in [0.717, 1.165) is 5.56 Å². The molecule has 4 heteroatoms. The number of hydrogen-bond donors (Lipinski definition) is 1. The van der Waals surface area contributed by atoms with E-state index < -0.39 is 5.82 Å². The van der Waals surface area contributed by atoms with Crippen molar-refractivity contribution in [1.82, 2.24) is 4.98 Å². The molecule has 2 rings (SSSR count). The number of halogens is 1. The zero-order chi connectivity index (χ0) is 10.1. The SMILES string of the molecule is Cc1ocnc1-c1ccc(F)c(N)c1. The molecule has 0 aliphatic heterocycles. The lowest BCUT2D eigenvalue weighted by molar-refractivity contribution is 0.527. The topological polar surface area (TPSA) is 52.0 Å². The standard InChI is InChI=1S/C10H9FN2O/c1-6-10(13-5-14-6)7-2-3-8(11)9(12)4-7/h2-5H,12H2,1H3. The first-order valence-electron chi connectivity index (χ1n) is 4.14. The molecule has 1 aromatic carbocycles. The molecule has 0 spiro atoms. The van der Waals surface area contributed by atoms with Gasteiger partial charge in [0.1, 0.15) is 17.3 Å². The average Bonchev–Trinajstić information content (AvgIpc) is 2.57. The van der Waals surface area contributed by atoms with Crippen molar-refractivity contribution in [2.45, 2.75) is 6.92 Å². The highest BCUT2D eigenvalue weighted by Gasteiger charge is 2.07. The summed E-state index contributed by atoms with van der Waals surface area (Å²) in [6, 6.07) is 4.48. The number of benzene rings is 1. The summed E-state index contributed by atoms with van der Waals surface area (Å²) in [5.74, 6) is 0.269. The second kappa shape index (κ2) is 3.14. The number of aryl methyl sites for hydroxylation is 1. The molecule has 1 heterocycles. The maximum Gasteiger partial charge on any atom is 0.181 e. The zero-order valence-corrected chi connectivity index (χ0v) is 7.62. The predicted octanol–water partition coefficient (Wildman–Crippen LogP) is 2.37. The molecule has 0 radical (unpaired) electrons. The normalized spacial score (nSPS) is 10.4. The second-order valence-corrected chi connectivity index (χ2v) is 2.99. The molecule has 3 nitrogen and oxygen atoms in total. The number of hydrogen-bond acceptors (Lipinski definition) is 3. The van der Waals surface area contributed by atoms with Crippen molar-refractivity contribution in [3.8, 4) is 11.3 Å². The molecule has 0 aliphatic carbocycles. The smallest absolute Gasteiger partial charge is 0.181 e. The number of nitrogen functional groups attached to an aromatic ring is 1. The maximum absolute atomic E-state index is 12.9. The summed E-state index contributed by atoms with van der Waals surface area (Å²) < 4.78 is 17.9. The van der Waals surface area contributed by atoms with Crippen LogP contribution in [0.2, 0.25) is 0 Å². The Morgan fingerprint density at radius 3 is 2.79 bits per heavy atom. The van der Waals surface area contributed by atoms with Gasteiger partial charge in [-0.15, -0.1) is 0 Å². The minimum absolute atomic E-state index is 0.116. The molecule has 0 aliphatic rings. The van der Waals surface area contributed by atoms with Gasteiger partial charge in [-0.05, 0) is 25.1 Å². The molecule has 0 unspecified atom stereocenters. The van der Waals surface area contributed by atoms with Gasteiger partial charge in [-0.3, -0.25) is 0 Å². The quantitative estimate of drug-likeness (QED) is 0.705. The molecule has 14 heavy (non-hydrogen) atoms. The summed E-state index contributed by atoms with van der Waals surface area (Å²) in [6.45, 7) is 1.79. The van der Waals surface area contributed by atoms with Crippen molar-refractivity contribution in [2.75, 3.05) is 5.73 Å². The van der Waals surface area contributed by atoms with Crippen molar-refractivity contribution < 1.29 is 8.81 Å². The van der Waals surface area contributed by atoms with Crippen LogP contribution in [0, 0.1) is 12.7 Å². The first-order valence-corrected chi connectivity index (χ1v) is 4.14. The Morgan fingerprint density at radius 1 is 1.43 bits per heavy atom. The van der Waals surface area contributed by atoms with E-state index in [4.69, 9.17) is 10.2 Å². The minimum Gasteiger partial charge on any atom is -0.448 e. The van der Waals surface area contributed by atoms with Crippen LogP contribution in [0.1, 0.15) is 5.76 Å². The summed E-state index contributed by atoms with van der Waals surface area (Å²) in [5.41, 5.74) is 7.01. The van der Waals surface area contributed by atoms with E-state index in [1.807, 2.05) is 0 Å². The van der Waals surface area contributed by atoms with Gasteiger partial charge in [-0.25, -0.2) is 9.37 Å². The van der Waals surface area contributed by atoms with Gasteiger partial charge in [0.05, 0.1) is 5.69 Å². The van der Waals surface area contributed by atoms with E-state index in [1.54, 1.807) is 19.1 Å². The Hall–Kier alpha value is -1.84. The molecular weight excluding hydrogens is 183 g/mol. The summed E-state index contributed by atoms with van der Waals surface area (Å²) in [6.07, 6.45) is 1.35. The Labute approximate surface area is 80.4 Å². The van der Waals surface area contributed by atoms with Gasteiger partial charge in [0.15, 0.2) is 6.39 Å². The Kier molecular flexibility index (Phi) is 1.96. The number of aromatic nitrogens is 1. The number of nitrogens with two attached hydrogens (primary N) is 1. The molecule has 0 fully saturated rings. The van der Waals surface area contributed by atoms with Crippen molar-refractivity contribution in [1.29, 1.82) is 0 Å². The maximum atomic E-state index is 12.9. The Balaban J connectivity index is 2.53. The molecule has 0 saturated heterocycles. The Bertz CT molecular complexity index is 465. The summed E-state index contributed by atoms with van der Waals surface area (Å²) in [5, 5.41) is 0. The fraction of sp³-hybridized carbons (Fsp3) is 0.100. The van der Waals surface area contributed by atoms with Crippen LogP contribution >= 0.6 is 0 Å². The highest BCUT2D eigenvalue weighted by molar-refractivity contribution is 5.65. The van der Waals surface area contributed by atoms with Crippen molar-refractivity contribution >= 4 is 5.69 Å². The van der Waals surface area contributed by atoms with Crippen LogP contribution in [0.5, 0.6) is 0 Å². The predicted molar refractivity (Wildman–Crippen MR) is 51.0 cm³/mol. The highest BCUT2D eigenvalue weighted by Crippen LogP contribution is 2.24. The van der Waals surface area contributed by atoms with Crippen LogP contribution in [-0.2, 0) is 0 Å². The van der Waals surface area contributed by atoms with Crippen molar-refractivity contribution in [3.05, 3.63) is 36.2 Å². The van der Waals surface area contributed by atoms with Crippen LogP contribution in [0.15, 0.2) is 29.0 Å². The van der Waals surface area contributed by atoms with Crippen LogP contribution in [0.25, 0.3) is 11.3 Å². The summed E-state index contributed by atoms with van der Waals surface area (Å²) in [4.78, 5) is 4.01. The van der Waals surface area contributed by atoms with E-state index in [0.29, 0.717) is 11.5 Å². The summed E-state index contributed by atoms with van der Waals surface area (Å²) in [7, 11) is 0. The van der Waals surface area contributed by atoms with E-state index in [2.05, 4.69) is 4.98 Å². The van der Waals surface area contributed by atoms with Gasteiger partial charge >= 0.3 is 0 Å². The second-order valence-electron chi connectivity index (χ2n) is 2.99. The van der Waals surface area contributed by atoms with E-state index >= 15 is 0 Å². The fourth-order valence-corrected chi connectivity index (χ4v) is 1.27. The first kappa shape index (κ1) is 8.74. The molecule has 0 amide bonds. The lowest BCUT2D eigenvalue weighted by atomic mass is 10.1. The van der Waals surface area contributed by atoms with E-state index in [9.17, 15) is 4.39 Å². The first-order chi connectivity index (χ1) is 6.68.